The van der Waals surface area contributed by atoms with Crippen molar-refractivity contribution in [3.63, 3.8) is 0 Å². The molecule has 1 heterocycles. The molecule has 1 fully saturated rings. The van der Waals surface area contributed by atoms with Crippen molar-refractivity contribution in [3.8, 4) is 0 Å². The second-order valence-electron chi connectivity index (χ2n) is 5.42. The first kappa shape index (κ1) is 12.9. The van der Waals surface area contributed by atoms with E-state index in [2.05, 4.69) is 15.9 Å². The van der Waals surface area contributed by atoms with E-state index in [4.69, 9.17) is 0 Å². The van der Waals surface area contributed by atoms with Crippen molar-refractivity contribution in [1.82, 2.24) is 9.13 Å². The van der Waals surface area contributed by atoms with Crippen LogP contribution in [0.1, 0.15) is 25.8 Å². The van der Waals surface area contributed by atoms with Crippen LogP contribution in [-0.2, 0) is 6.54 Å². The van der Waals surface area contributed by atoms with E-state index < -0.39 is 0 Å². The largest absolute Gasteiger partial charge is 0.396 e. The summed E-state index contributed by atoms with van der Waals surface area (Å²) >= 11 is 3.46. The molecule has 0 spiro atoms. The maximum absolute atomic E-state index is 12.6. The van der Waals surface area contributed by atoms with Gasteiger partial charge in [0.1, 0.15) is 0 Å². The van der Waals surface area contributed by atoms with Gasteiger partial charge in [-0.15, -0.1) is 0 Å². The smallest absolute Gasteiger partial charge is 0.329 e. The topological polar surface area (TPSA) is 47.2 Å². The number of imidazole rings is 1. The van der Waals surface area contributed by atoms with E-state index in [9.17, 15) is 9.90 Å². The molecule has 2 aromatic rings. The molecule has 1 atom stereocenters. The van der Waals surface area contributed by atoms with Gasteiger partial charge in [-0.2, -0.15) is 0 Å². The quantitative estimate of drug-likeness (QED) is 0.939. The average Bonchev–Trinajstić information content (AvgIpc) is 3.18. The Kier molecular flexibility index (Phi) is 3.27. The molecule has 1 aromatic carbocycles. The second kappa shape index (κ2) is 4.80. The predicted molar refractivity (Wildman–Crippen MR) is 78.4 cm³/mol. The first-order valence-corrected chi connectivity index (χ1v) is 7.42. The molecule has 4 nitrogen and oxygen atoms in total. The minimum Gasteiger partial charge on any atom is -0.396 e. The number of aliphatic hydroxyl groups is 1. The van der Waals surface area contributed by atoms with Crippen LogP contribution >= 0.6 is 15.9 Å². The highest BCUT2D eigenvalue weighted by Gasteiger charge is 2.29. The summed E-state index contributed by atoms with van der Waals surface area (Å²) in [5.41, 5.74) is 2.00. The number of rotatable bonds is 4. The Morgan fingerprint density at radius 2 is 2.16 bits per heavy atom. The first-order chi connectivity index (χ1) is 9.11. The van der Waals surface area contributed by atoms with Gasteiger partial charge in [-0.25, -0.2) is 4.79 Å². The highest BCUT2D eigenvalue weighted by molar-refractivity contribution is 9.10. The summed E-state index contributed by atoms with van der Waals surface area (Å²) in [6.45, 7) is 2.60. The van der Waals surface area contributed by atoms with Crippen molar-refractivity contribution >= 4 is 27.0 Å². The normalized spacial score (nSPS) is 17.0. The van der Waals surface area contributed by atoms with E-state index in [0.29, 0.717) is 12.6 Å². The molecule has 0 amide bonds. The molecule has 0 unspecified atom stereocenters. The van der Waals surface area contributed by atoms with Crippen LogP contribution in [0.5, 0.6) is 0 Å². The fourth-order valence-electron chi connectivity index (χ4n) is 2.48. The number of halogens is 1. The van der Waals surface area contributed by atoms with Crippen LogP contribution in [0, 0.1) is 5.92 Å². The lowest BCUT2D eigenvalue weighted by Gasteiger charge is -2.08. The molecular weight excluding hydrogens is 308 g/mol. The van der Waals surface area contributed by atoms with Crippen LogP contribution in [0.2, 0.25) is 0 Å². The Labute approximate surface area is 119 Å². The van der Waals surface area contributed by atoms with Gasteiger partial charge < -0.3 is 5.11 Å². The molecule has 0 radical (unpaired) electrons. The second-order valence-corrected chi connectivity index (χ2v) is 6.33. The lowest BCUT2D eigenvalue weighted by Crippen LogP contribution is -2.26. The number of hydrogen-bond acceptors (Lipinski definition) is 2. The van der Waals surface area contributed by atoms with E-state index in [0.717, 1.165) is 28.3 Å². The molecule has 102 valence electrons. The number of hydrogen-bond donors (Lipinski definition) is 1. The van der Waals surface area contributed by atoms with Crippen molar-refractivity contribution in [2.75, 3.05) is 6.61 Å². The Hall–Kier alpha value is -1.07. The third-order valence-corrected chi connectivity index (χ3v) is 4.14. The van der Waals surface area contributed by atoms with Crippen LogP contribution in [0.15, 0.2) is 27.5 Å². The predicted octanol–water partition coefficient (Wildman–Crippen LogP) is 2.53. The first-order valence-electron chi connectivity index (χ1n) is 6.63. The molecule has 3 rings (SSSR count). The monoisotopic (exact) mass is 324 g/mol. The van der Waals surface area contributed by atoms with Gasteiger partial charge in [0.15, 0.2) is 0 Å². The Bertz CT molecular complexity index is 670. The Balaban J connectivity index is 2.21. The minimum atomic E-state index is 0.0518. The van der Waals surface area contributed by atoms with E-state index in [1.165, 1.54) is 0 Å². The van der Waals surface area contributed by atoms with Crippen LogP contribution in [0.25, 0.3) is 11.0 Å². The van der Waals surface area contributed by atoms with Crippen molar-refractivity contribution in [2.24, 2.45) is 5.92 Å². The Morgan fingerprint density at radius 1 is 1.42 bits per heavy atom. The molecule has 1 aromatic heterocycles. The summed E-state index contributed by atoms with van der Waals surface area (Å²) in [7, 11) is 0. The highest BCUT2D eigenvalue weighted by Crippen LogP contribution is 2.36. The van der Waals surface area contributed by atoms with E-state index >= 15 is 0 Å². The standard InChI is InChI=1S/C14H17BrN2O2/c1-9(8-18)7-16-13-6-10(15)2-5-12(13)17(14(16)19)11-3-4-11/h2,5-6,9,11,18H,3-4,7-8H2,1H3/t9-/m0/s1. The number of aliphatic hydroxyl groups excluding tert-OH is 1. The number of fused-ring (bicyclic) bond motifs is 1. The van der Waals surface area contributed by atoms with Crippen molar-refractivity contribution in [2.45, 2.75) is 32.4 Å². The maximum Gasteiger partial charge on any atom is 0.329 e. The lowest BCUT2D eigenvalue weighted by atomic mass is 10.2. The molecule has 19 heavy (non-hydrogen) atoms. The van der Waals surface area contributed by atoms with Gasteiger partial charge in [0.05, 0.1) is 11.0 Å². The van der Waals surface area contributed by atoms with Crippen molar-refractivity contribution in [1.29, 1.82) is 0 Å². The fraction of sp³-hybridized carbons (Fsp3) is 0.500. The number of nitrogens with zero attached hydrogens (tertiary/aromatic N) is 2. The van der Waals surface area contributed by atoms with Crippen molar-refractivity contribution in [3.05, 3.63) is 33.2 Å². The maximum atomic E-state index is 12.6. The SMILES string of the molecule is C[C@H](CO)Cn1c(=O)n(C2CC2)c2ccc(Br)cc21. The third kappa shape index (κ3) is 2.25. The summed E-state index contributed by atoms with van der Waals surface area (Å²) in [4.78, 5) is 12.6. The van der Waals surface area contributed by atoms with Gasteiger partial charge in [-0.3, -0.25) is 9.13 Å². The van der Waals surface area contributed by atoms with E-state index in [1.807, 2.05) is 29.7 Å². The molecule has 1 saturated carbocycles. The zero-order chi connectivity index (χ0) is 13.6. The summed E-state index contributed by atoms with van der Waals surface area (Å²) in [6.07, 6.45) is 2.18. The summed E-state index contributed by atoms with van der Waals surface area (Å²) < 4.78 is 4.67. The van der Waals surface area contributed by atoms with E-state index in [1.54, 1.807) is 4.57 Å². The molecule has 1 aliphatic carbocycles. The third-order valence-electron chi connectivity index (χ3n) is 3.64. The average molecular weight is 325 g/mol. The molecule has 5 heteroatoms. The van der Waals surface area contributed by atoms with Gasteiger partial charge in [0, 0.05) is 23.7 Å². The van der Waals surface area contributed by atoms with Crippen LogP contribution in [0.4, 0.5) is 0 Å². The molecular formula is C14H17BrN2O2. The molecule has 0 bridgehead atoms. The molecule has 0 aliphatic heterocycles. The van der Waals surface area contributed by atoms with Crippen LogP contribution < -0.4 is 5.69 Å². The van der Waals surface area contributed by atoms with Gasteiger partial charge in [-0.05, 0) is 37.0 Å². The summed E-state index contributed by atoms with van der Waals surface area (Å²) in [6, 6.07) is 6.32. The minimum absolute atomic E-state index is 0.0518. The Morgan fingerprint density at radius 3 is 2.79 bits per heavy atom. The van der Waals surface area contributed by atoms with Gasteiger partial charge in [-0.1, -0.05) is 22.9 Å². The molecule has 1 N–H and O–H groups in total. The zero-order valence-corrected chi connectivity index (χ0v) is 12.4. The zero-order valence-electron chi connectivity index (χ0n) is 10.8. The van der Waals surface area contributed by atoms with E-state index in [-0.39, 0.29) is 18.2 Å². The fourth-order valence-corrected chi connectivity index (χ4v) is 2.83. The molecule has 0 saturated heterocycles. The molecule has 1 aliphatic rings. The van der Waals surface area contributed by atoms with Crippen LogP contribution in [-0.4, -0.2) is 20.8 Å². The van der Waals surface area contributed by atoms with Gasteiger partial charge >= 0.3 is 5.69 Å². The summed E-state index contributed by atoms with van der Waals surface area (Å²) in [5.74, 6) is 0.0786. The number of benzene rings is 1. The summed E-state index contributed by atoms with van der Waals surface area (Å²) in [5, 5.41) is 9.21. The van der Waals surface area contributed by atoms with Crippen molar-refractivity contribution < 1.29 is 5.11 Å². The lowest BCUT2D eigenvalue weighted by molar-refractivity contribution is 0.222. The van der Waals surface area contributed by atoms with Gasteiger partial charge in [0.2, 0.25) is 0 Å². The number of aromatic nitrogens is 2. The van der Waals surface area contributed by atoms with Crippen LogP contribution in [0.3, 0.4) is 0 Å². The highest BCUT2D eigenvalue weighted by atomic mass is 79.9. The van der Waals surface area contributed by atoms with Gasteiger partial charge in [0.25, 0.3) is 0 Å².